The number of rotatable bonds is 10. The molecule has 1 saturated heterocycles. The summed E-state index contributed by atoms with van der Waals surface area (Å²) in [7, 11) is 0. The summed E-state index contributed by atoms with van der Waals surface area (Å²) in [4.78, 5) is 12.0. The molecule has 0 bridgehead atoms. The van der Waals surface area contributed by atoms with Crippen LogP contribution < -0.4 is 11.1 Å². The van der Waals surface area contributed by atoms with Crippen LogP contribution in [0.25, 0.3) is 0 Å². The van der Waals surface area contributed by atoms with Crippen LogP contribution in [0.5, 0.6) is 0 Å². The number of ether oxygens (including phenoxy) is 1. The van der Waals surface area contributed by atoms with Crippen molar-refractivity contribution in [2.45, 2.75) is 55.9 Å². The van der Waals surface area contributed by atoms with Gasteiger partial charge in [0.05, 0.1) is 0 Å². The van der Waals surface area contributed by atoms with E-state index in [1.807, 2.05) is 23.9 Å². The molecule has 0 aromatic heterocycles. The van der Waals surface area contributed by atoms with Crippen molar-refractivity contribution in [3.05, 3.63) is 29.8 Å². The second-order valence-corrected chi connectivity index (χ2v) is 7.61. The highest BCUT2D eigenvalue weighted by molar-refractivity contribution is 7.99. The Kier molecular flexibility index (Phi) is 9.24. The number of carbonyl (C=O) groups excluding carboxylic acids is 1. The number of nitrogens with one attached hydrogen (secondary N) is 1. The maximum atomic E-state index is 12.0. The van der Waals surface area contributed by atoms with Crippen molar-refractivity contribution < 1.29 is 9.53 Å². The maximum absolute atomic E-state index is 12.0. The van der Waals surface area contributed by atoms with Crippen molar-refractivity contribution in [1.29, 1.82) is 0 Å². The van der Waals surface area contributed by atoms with Crippen LogP contribution in [0.2, 0.25) is 0 Å². The van der Waals surface area contributed by atoms with Gasteiger partial charge in [0.25, 0.3) is 0 Å². The fourth-order valence-electron chi connectivity index (χ4n) is 2.80. The van der Waals surface area contributed by atoms with E-state index in [4.69, 9.17) is 10.5 Å². The Morgan fingerprint density at radius 3 is 2.79 bits per heavy atom. The molecule has 1 heterocycles. The normalized spacial score (nSPS) is 15.4. The summed E-state index contributed by atoms with van der Waals surface area (Å²) in [6.07, 6.45) is 7.05. The molecule has 0 aliphatic carbocycles. The largest absolute Gasteiger partial charge is 0.381 e. The molecule has 1 amide bonds. The number of nitrogens with two attached hydrogens (primary N) is 1. The molecule has 1 aliphatic rings. The molecule has 0 spiro atoms. The molecule has 0 radical (unpaired) electrons. The van der Waals surface area contributed by atoms with Crippen molar-refractivity contribution in [3.8, 4) is 0 Å². The van der Waals surface area contributed by atoms with Crippen molar-refractivity contribution >= 4 is 23.4 Å². The van der Waals surface area contributed by atoms with E-state index in [1.54, 1.807) is 0 Å². The third kappa shape index (κ3) is 7.69. The zero-order valence-corrected chi connectivity index (χ0v) is 15.3. The van der Waals surface area contributed by atoms with E-state index in [1.165, 1.54) is 5.56 Å². The van der Waals surface area contributed by atoms with E-state index in [-0.39, 0.29) is 5.91 Å². The molecular weight excluding hydrogens is 320 g/mol. The van der Waals surface area contributed by atoms with Crippen LogP contribution in [-0.4, -0.2) is 30.9 Å². The summed E-state index contributed by atoms with van der Waals surface area (Å²) in [5, 5.41) is 3.72. The molecular formula is C19H30N2O2S. The lowest BCUT2D eigenvalue weighted by atomic mass is 10.1. The second-order valence-electron chi connectivity index (χ2n) is 6.32. The Morgan fingerprint density at radius 2 is 2.00 bits per heavy atom. The van der Waals surface area contributed by atoms with Gasteiger partial charge in [0.2, 0.25) is 5.91 Å². The average Bonchev–Trinajstić information content (AvgIpc) is 2.61. The maximum Gasteiger partial charge on any atom is 0.224 e. The van der Waals surface area contributed by atoms with Crippen LogP contribution in [0.15, 0.2) is 24.3 Å². The van der Waals surface area contributed by atoms with Gasteiger partial charge in [-0.3, -0.25) is 4.79 Å². The molecule has 1 aromatic carbocycles. The third-order valence-corrected chi connectivity index (χ3v) is 5.67. The van der Waals surface area contributed by atoms with Crippen molar-refractivity contribution in [2.24, 2.45) is 5.73 Å². The summed E-state index contributed by atoms with van der Waals surface area (Å²) < 4.78 is 5.40. The first kappa shape index (κ1) is 19.3. The van der Waals surface area contributed by atoms with Gasteiger partial charge in [-0.05, 0) is 49.9 Å². The Morgan fingerprint density at radius 1 is 1.21 bits per heavy atom. The van der Waals surface area contributed by atoms with E-state index in [0.717, 1.165) is 69.7 Å². The lowest BCUT2D eigenvalue weighted by molar-refractivity contribution is -0.116. The minimum absolute atomic E-state index is 0.108. The first-order chi connectivity index (χ1) is 11.8. The molecule has 0 unspecified atom stereocenters. The molecule has 0 saturated carbocycles. The molecule has 1 aromatic rings. The predicted molar refractivity (Wildman–Crippen MR) is 102 cm³/mol. The van der Waals surface area contributed by atoms with Crippen LogP contribution >= 0.6 is 11.8 Å². The molecule has 1 fully saturated rings. The number of carbonyl (C=O) groups is 1. The number of thioether (sulfide) groups is 1. The second kappa shape index (κ2) is 11.5. The van der Waals surface area contributed by atoms with Gasteiger partial charge in [-0.1, -0.05) is 25.0 Å². The van der Waals surface area contributed by atoms with Gasteiger partial charge in [0.15, 0.2) is 0 Å². The number of hydrogen-bond donors (Lipinski definition) is 2. The van der Waals surface area contributed by atoms with Gasteiger partial charge in [-0.25, -0.2) is 0 Å². The molecule has 24 heavy (non-hydrogen) atoms. The summed E-state index contributed by atoms with van der Waals surface area (Å²) in [6.45, 7) is 2.52. The molecule has 1 aliphatic heterocycles. The summed E-state index contributed by atoms with van der Waals surface area (Å²) in [5.41, 5.74) is 7.65. The molecule has 4 nitrogen and oxygen atoms in total. The van der Waals surface area contributed by atoms with Crippen LogP contribution in [0.3, 0.4) is 0 Å². The van der Waals surface area contributed by atoms with Crippen molar-refractivity contribution in [2.75, 3.05) is 25.1 Å². The summed E-state index contributed by atoms with van der Waals surface area (Å²) in [6, 6.07) is 8.22. The number of benzene rings is 1. The molecule has 134 valence electrons. The Bertz CT molecular complexity index is 490. The molecule has 0 atom stereocenters. The summed E-state index contributed by atoms with van der Waals surface area (Å²) in [5.74, 6) is 1.10. The van der Waals surface area contributed by atoms with Crippen LogP contribution in [0, 0.1) is 0 Å². The van der Waals surface area contributed by atoms with Crippen molar-refractivity contribution in [1.82, 2.24) is 0 Å². The fraction of sp³-hybridized carbons (Fsp3) is 0.632. The zero-order valence-electron chi connectivity index (χ0n) is 14.5. The van der Waals surface area contributed by atoms with Gasteiger partial charge < -0.3 is 15.8 Å². The van der Waals surface area contributed by atoms with Crippen molar-refractivity contribution in [3.63, 3.8) is 0 Å². The van der Waals surface area contributed by atoms with Gasteiger partial charge >= 0.3 is 0 Å². The van der Waals surface area contributed by atoms with E-state index in [2.05, 4.69) is 17.4 Å². The van der Waals surface area contributed by atoms with Gasteiger partial charge in [0.1, 0.15) is 0 Å². The minimum atomic E-state index is 0.108. The highest BCUT2D eigenvalue weighted by Crippen LogP contribution is 2.26. The molecule has 5 heteroatoms. The Balaban J connectivity index is 1.70. The van der Waals surface area contributed by atoms with E-state index in [9.17, 15) is 4.79 Å². The Labute approximate surface area is 149 Å². The quantitative estimate of drug-likeness (QED) is 0.627. The van der Waals surface area contributed by atoms with Crippen LogP contribution in [0.4, 0.5) is 5.69 Å². The first-order valence-electron chi connectivity index (χ1n) is 9.06. The van der Waals surface area contributed by atoms with Crippen LogP contribution in [-0.2, 0) is 15.3 Å². The van der Waals surface area contributed by atoms with E-state index >= 15 is 0 Å². The lowest BCUT2D eigenvalue weighted by Gasteiger charge is -2.21. The number of amides is 1. The number of unbranched alkanes of at least 4 members (excludes halogenated alkanes) is 3. The average molecular weight is 351 g/mol. The zero-order chi connectivity index (χ0) is 17.0. The van der Waals surface area contributed by atoms with Gasteiger partial charge in [-0.15, -0.1) is 0 Å². The topological polar surface area (TPSA) is 64.4 Å². The SMILES string of the molecule is NCCCCCCC(=O)Nc1cccc(CSC2CCOCC2)c1. The predicted octanol–water partition coefficient (Wildman–Crippen LogP) is 3.95. The van der Waals surface area contributed by atoms with Gasteiger partial charge in [-0.2, -0.15) is 11.8 Å². The summed E-state index contributed by atoms with van der Waals surface area (Å²) >= 11 is 2.00. The number of hydrogen-bond acceptors (Lipinski definition) is 4. The van der Waals surface area contributed by atoms with E-state index < -0.39 is 0 Å². The standard InChI is InChI=1S/C19H30N2O2S/c20-11-4-2-1-3-8-19(22)21-17-7-5-6-16(14-17)15-24-18-9-12-23-13-10-18/h5-7,14,18H,1-4,8-13,15,20H2,(H,21,22). The molecule has 3 N–H and O–H groups in total. The van der Waals surface area contributed by atoms with Gasteiger partial charge in [0, 0.05) is 36.3 Å². The highest BCUT2D eigenvalue weighted by Gasteiger charge is 2.14. The van der Waals surface area contributed by atoms with Crippen LogP contribution in [0.1, 0.15) is 50.5 Å². The third-order valence-electron chi connectivity index (χ3n) is 4.22. The van der Waals surface area contributed by atoms with E-state index in [0.29, 0.717) is 11.7 Å². The fourth-order valence-corrected chi connectivity index (χ4v) is 3.94. The lowest BCUT2D eigenvalue weighted by Crippen LogP contribution is -2.17. The number of anilines is 1. The first-order valence-corrected chi connectivity index (χ1v) is 10.1. The Hall–Kier alpha value is -1.04. The molecule has 2 rings (SSSR count). The minimum Gasteiger partial charge on any atom is -0.381 e. The highest BCUT2D eigenvalue weighted by atomic mass is 32.2. The monoisotopic (exact) mass is 350 g/mol. The smallest absolute Gasteiger partial charge is 0.224 e.